The van der Waals surface area contributed by atoms with Crippen LogP contribution in [0.15, 0.2) is 0 Å². The molecule has 0 aromatic heterocycles. The minimum Gasteiger partial charge on any atom is -0.303 e. The van der Waals surface area contributed by atoms with Crippen molar-refractivity contribution in [2.45, 2.75) is 0 Å². The molecule has 8 heteroatoms. The Hall–Kier alpha value is 2.24. The van der Waals surface area contributed by atoms with Crippen LogP contribution in [0.3, 0.4) is 0 Å². The molecule has 0 aromatic rings. The Morgan fingerprint density at radius 1 is 1.00 bits per heavy atom. The fourth-order valence-electron chi connectivity index (χ4n) is 0. The van der Waals surface area contributed by atoms with Gasteiger partial charge in [-0.1, -0.05) is 0 Å². The van der Waals surface area contributed by atoms with E-state index in [1.54, 1.807) is 0 Å². The van der Waals surface area contributed by atoms with Crippen LogP contribution < -0.4 is 0 Å². The molecule has 3 N–H and O–H groups in total. The van der Waals surface area contributed by atoms with E-state index in [1.165, 1.54) is 0 Å². The van der Waals surface area contributed by atoms with Gasteiger partial charge in [0.15, 0.2) is 0 Å². The summed E-state index contributed by atoms with van der Waals surface area (Å²) in [6, 6.07) is 0. The summed E-state index contributed by atoms with van der Waals surface area (Å²) >= 11 is 0. The first-order valence-electron chi connectivity index (χ1n) is 0.783. The van der Waals surface area contributed by atoms with Crippen molar-refractivity contribution < 1.29 is 84.4 Å². The molecule has 0 saturated carbocycles. The molecule has 0 unspecified atom stereocenters. The maximum atomic E-state index is 8.88. The van der Waals surface area contributed by atoms with Crippen molar-refractivity contribution >= 4 is 7.82 Å². The Morgan fingerprint density at radius 3 is 1.00 bits per heavy atom. The zero-order chi connectivity index (χ0) is 4.50. The quantitative estimate of drug-likeness (QED) is 0.398. The number of phosphoric acid groups is 1. The summed E-state index contributed by atoms with van der Waals surface area (Å²) in [5, 5.41) is 0. The van der Waals surface area contributed by atoms with Gasteiger partial charge < -0.3 is 14.7 Å². The van der Waals surface area contributed by atoms with Crippen LogP contribution in [-0.4, -0.2) is 14.7 Å². The van der Waals surface area contributed by atoms with Gasteiger partial charge in [0.05, 0.1) is 0 Å². The Morgan fingerprint density at radius 2 is 1.00 bits per heavy atom. The van der Waals surface area contributed by atoms with E-state index in [2.05, 4.69) is 0 Å². The Bertz CT molecular complexity index is 60.2. The molecular weight excluding hydrogens is 317 g/mol. The van der Waals surface area contributed by atoms with Gasteiger partial charge in [-0.25, -0.2) is 4.57 Å². The first-order valence-corrected chi connectivity index (χ1v) is 2.35. The predicted octanol–water partition coefficient (Wildman–Crippen LogP) is -0.936. The normalized spacial score (nSPS) is 7.38. The molecule has 0 rings (SSSR count). The molecule has 0 aliphatic carbocycles. The zero-order valence-electron chi connectivity index (χ0n) is 4.11. The first kappa shape index (κ1) is 22.5. The van der Waals surface area contributed by atoms with E-state index in [0.717, 1.165) is 0 Å². The molecule has 0 spiro atoms. The second kappa shape index (κ2) is 9.24. The molecule has 8 heavy (non-hydrogen) atoms. The molecule has 0 aliphatic rings. The standard InChI is InChI=1S/H3O4P.2Zn.Zr/c1-5(2,3)4;;;/h(H3,1,2,3,4);;;. The van der Waals surface area contributed by atoms with Crippen LogP contribution in [0.4, 0.5) is 0 Å². The van der Waals surface area contributed by atoms with E-state index in [0.29, 0.717) is 0 Å². The van der Waals surface area contributed by atoms with Gasteiger partial charge in [-0.05, 0) is 0 Å². The molecule has 0 bridgehead atoms. The maximum Gasteiger partial charge on any atom is 0.466 e. The fraction of sp³-hybridized carbons (Fsp3) is 0. The van der Waals surface area contributed by atoms with Gasteiger partial charge in [0.1, 0.15) is 0 Å². The maximum absolute atomic E-state index is 8.88. The Balaban J connectivity index is -0.0000000267. The zero-order valence-corrected chi connectivity index (χ0v) is 13.4. The first-order chi connectivity index (χ1) is 2.00. The third-order valence-electron chi connectivity index (χ3n) is 0. The predicted molar refractivity (Wildman–Crippen MR) is 14.3 cm³/mol. The van der Waals surface area contributed by atoms with Gasteiger partial charge in [-0.3, -0.25) is 0 Å². The number of rotatable bonds is 0. The topological polar surface area (TPSA) is 77.8 Å². The summed E-state index contributed by atoms with van der Waals surface area (Å²) in [7, 11) is -4.64. The van der Waals surface area contributed by atoms with Crippen LogP contribution in [0.5, 0.6) is 0 Å². The minimum atomic E-state index is -4.64. The molecule has 4 nitrogen and oxygen atoms in total. The van der Waals surface area contributed by atoms with Crippen LogP contribution in [0, 0.1) is 0 Å². The molecule has 0 fully saturated rings. The van der Waals surface area contributed by atoms with Crippen LogP contribution in [0.25, 0.3) is 0 Å². The van der Waals surface area contributed by atoms with Gasteiger partial charge in [0.25, 0.3) is 0 Å². The molecule has 0 aliphatic heterocycles. The third-order valence-corrected chi connectivity index (χ3v) is 0. The van der Waals surface area contributed by atoms with E-state index < -0.39 is 7.82 Å². The van der Waals surface area contributed by atoms with Crippen LogP contribution in [-0.2, 0) is 69.7 Å². The van der Waals surface area contributed by atoms with Gasteiger partial charge in [-0.2, -0.15) is 0 Å². The van der Waals surface area contributed by atoms with Crippen molar-refractivity contribution in [3.8, 4) is 0 Å². The summed E-state index contributed by atoms with van der Waals surface area (Å²) in [6.07, 6.45) is 0. The minimum absolute atomic E-state index is 0. The van der Waals surface area contributed by atoms with Crippen LogP contribution in [0.1, 0.15) is 0 Å². The van der Waals surface area contributed by atoms with E-state index in [-0.39, 0.29) is 65.2 Å². The van der Waals surface area contributed by atoms with Crippen molar-refractivity contribution in [2.24, 2.45) is 0 Å². The number of hydrogen-bond acceptors (Lipinski definition) is 1. The van der Waals surface area contributed by atoms with E-state index in [1.807, 2.05) is 0 Å². The SMILES string of the molecule is O=P(O)(O)O.[Zn].[Zn].[Zr]. The smallest absolute Gasteiger partial charge is 0.303 e. The summed E-state index contributed by atoms with van der Waals surface area (Å²) in [6.45, 7) is 0. The molecular formula is H3O4PZn2Zr. The summed E-state index contributed by atoms with van der Waals surface area (Å²) < 4.78 is 8.88. The van der Waals surface area contributed by atoms with Gasteiger partial charge >= 0.3 is 7.82 Å². The Labute approximate surface area is 91.3 Å². The number of hydrogen-bond donors (Lipinski definition) is 3. The van der Waals surface area contributed by atoms with Crippen molar-refractivity contribution in [1.82, 2.24) is 0 Å². The Kier molecular flexibility index (Phi) is 25.9. The molecule has 0 radical (unpaired) electrons. The molecule has 40 valence electrons. The second-order valence-electron chi connectivity index (χ2n) is 0.513. The van der Waals surface area contributed by atoms with Gasteiger partial charge in [-0.15, -0.1) is 0 Å². The largest absolute Gasteiger partial charge is 0.466 e. The summed E-state index contributed by atoms with van der Waals surface area (Å²) in [4.78, 5) is 21.6. The van der Waals surface area contributed by atoms with Crippen molar-refractivity contribution in [1.29, 1.82) is 0 Å². The van der Waals surface area contributed by atoms with E-state index in [4.69, 9.17) is 19.2 Å². The molecule has 0 saturated heterocycles. The van der Waals surface area contributed by atoms with Crippen molar-refractivity contribution in [3.05, 3.63) is 0 Å². The second-order valence-corrected chi connectivity index (χ2v) is 1.54. The van der Waals surface area contributed by atoms with E-state index in [9.17, 15) is 0 Å². The molecule has 0 heterocycles. The van der Waals surface area contributed by atoms with Gasteiger partial charge in [0, 0.05) is 65.2 Å². The summed E-state index contributed by atoms with van der Waals surface area (Å²) in [5.41, 5.74) is 0. The molecule has 0 amide bonds. The van der Waals surface area contributed by atoms with Crippen molar-refractivity contribution in [3.63, 3.8) is 0 Å². The molecule has 0 aromatic carbocycles. The third kappa shape index (κ3) is 86.1. The van der Waals surface area contributed by atoms with Gasteiger partial charge in [0.2, 0.25) is 0 Å². The molecule has 0 atom stereocenters. The summed E-state index contributed by atoms with van der Waals surface area (Å²) in [5.74, 6) is 0. The van der Waals surface area contributed by atoms with Crippen LogP contribution >= 0.6 is 7.82 Å². The fourth-order valence-corrected chi connectivity index (χ4v) is 0. The average molecular weight is 320 g/mol. The van der Waals surface area contributed by atoms with E-state index >= 15 is 0 Å². The van der Waals surface area contributed by atoms with Crippen LogP contribution in [0.2, 0.25) is 0 Å². The average Bonchev–Trinajstić information content (AvgIpc) is 0.722. The van der Waals surface area contributed by atoms with Crippen molar-refractivity contribution in [2.75, 3.05) is 0 Å². The monoisotopic (exact) mass is 316 g/mol.